The molecule has 0 bridgehead atoms. The van der Waals surface area contributed by atoms with Gasteiger partial charge in [-0.25, -0.2) is 0 Å². The van der Waals surface area contributed by atoms with Crippen LogP contribution < -0.4 is 5.32 Å². The minimum absolute atomic E-state index is 0.225. The first kappa shape index (κ1) is 18.2. The zero-order chi connectivity index (χ0) is 15.7. The van der Waals surface area contributed by atoms with Crippen molar-refractivity contribution in [2.75, 3.05) is 19.8 Å². The van der Waals surface area contributed by atoms with Crippen molar-refractivity contribution in [3.63, 3.8) is 0 Å². The lowest BCUT2D eigenvalue weighted by atomic mass is 9.86. The second kappa shape index (κ2) is 9.22. The van der Waals surface area contributed by atoms with Crippen LogP contribution in [0.2, 0.25) is 0 Å². The van der Waals surface area contributed by atoms with E-state index in [1.165, 1.54) is 11.1 Å². The molecule has 120 valence electrons. The summed E-state index contributed by atoms with van der Waals surface area (Å²) < 4.78 is 5.73. The highest BCUT2D eigenvalue weighted by Gasteiger charge is 2.14. The number of nitrogens with one attached hydrogen (secondary N) is 1. The molecule has 0 amide bonds. The normalized spacial score (nSPS) is 13.4. The Morgan fingerprint density at radius 1 is 1.05 bits per heavy atom. The van der Waals surface area contributed by atoms with E-state index in [2.05, 4.69) is 64.2 Å². The van der Waals surface area contributed by atoms with Gasteiger partial charge in [-0.3, -0.25) is 0 Å². The maximum Gasteiger partial charge on any atom is 0.0622 e. The van der Waals surface area contributed by atoms with Crippen LogP contribution in [0.3, 0.4) is 0 Å². The molecule has 0 aliphatic carbocycles. The molecule has 1 aromatic carbocycles. The van der Waals surface area contributed by atoms with Crippen LogP contribution in [-0.4, -0.2) is 25.8 Å². The summed E-state index contributed by atoms with van der Waals surface area (Å²) in [4.78, 5) is 0. The summed E-state index contributed by atoms with van der Waals surface area (Å²) in [7, 11) is 0. The number of rotatable bonds is 9. The molecular formula is C19H33NO. The van der Waals surface area contributed by atoms with Crippen molar-refractivity contribution in [3.8, 4) is 0 Å². The van der Waals surface area contributed by atoms with Gasteiger partial charge in [0.15, 0.2) is 0 Å². The Morgan fingerprint density at radius 2 is 1.71 bits per heavy atom. The van der Waals surface area contributed by atoms with Crippen molar-refractivity contribution in [2.24, 2.45) is 0 Å². The lowest BCUT2D eigenvalue weighted by Gasteiger charge is -2.21. The van der Waals surface area contributed by atoms with Crippen LogP contribution in [0, 0.1) is 0 Å². The lowest BCUT2D eigenvalue weighted by Crippen LogP contribution is -2.36. The topological polar surface area (TPSA) is 21.3 Å². The van der Waals surface area contributed by atoms with E-state index >= 15 is 0 Å². The summed E-state index contributed by atoms with van der Waals surface area (Å²) in [6, 6.07) is 9.47. The van der Waals surface area contributed by atoms with Gasteiger partial charge < -0.3 is 10.1 Å². The first-order chi connectivity index (χ1) is 9.97. The van der Waals surface area contributed by atoms with E-state index in [0.29, 0.717) is 6.04 Å². The maximum atomic E-state index is 5.73. The zero-order valence-electron chi connectivity index (χ0n) is 14.5. The molecule has 0 heterocycles. The largest absolute Gasteiger partial charge is 0.380 e. The van der Waals surface area contributed by atoms with E-state index in [9.17, 15) is 0 Å². The molecule has 1 unspecified atom stereocenters. The van der Waals surface area contributed by atoms with Gasteiger partial charge >= 0.3 is 0 Å². The van der Waals surface area contributed by atoms with Crippen molar-refractivity contribution in [3.05, 3.63) is 35.4 Å². The van der Waals surface area contributed by atoms with E-state index in [1.807, 2.05) is 0 Å². The summed E-state index contributed by atoms with van der Waals surface area (Å²) in [6.45, 7) is 13.8. The third-order valence-electron chi connectivity index (χ3n) is 3.65. The molecule has 0 aliphatic heterocycles. The fourth-order valence-corrected chi connectivity index (χ4v) is 2.33. The standard InChI is InChI=1S/C19H33NO/c1-6-12-20-18(15-21-13-7-2)14-16-8-10-17(11-9-16)19(3,4)5/h8-11,18,20H,6-7,12-15H2,1-5H3. The Balaban J connectivity index is 2.60. The number of ether oxygens (including phenoxy) is 1. The van der Waals surface area contributed by atoms with Crippen molar-refractivity contribution in [1.82, 2.24) is 5.32 Å². The Kier molecular flexibility index (Phi) is 7.98. The third kappa shape index (κ3) is 7.10. The monoisotopic (exact) mass is 291 g/mol. The summed E-state index contributed by atoms with van der Waals surface area (Å²) in [6.07, 6.45) is 3.28. The molecule has 0 aromatic heterocycles. The van der Waals surface area contributed by atoms with Crippen LogP contribution in [0.25, 0.3) is 0 Å². The van der Waals surface area contributed by atoms with E-state index in [0.717, 1.165) is 39.0 Å². The lowest BCUT2D eigenvalue weighted by molar-refractivity contribution is 0.112. The predicted octanol–water partition coefficient (Wildman–Crippen LogP) is 4.32. The fraction of sp³-hybridized carbons (Fsp3) is 0.684. The van der Waals surface area contributed by atoms with Gasteiger partial charge in [0.2, 0.25) is 0 Å². The van der Waals surface area contributed by atoms with Crippen LogP contribution in [0.1, 0.15) is 58.6 Å². The first-order valence-electron chi connectivity index (χ1n) is 8.38. The summed E-state index contributed by atoms with van der Waals surface area (Å²) in [5.41, 5.74) is 3.01. The minimum atomic E-state index is 0.225. The molecule has 1 atom stereocenters. The number of hydrogen-bond donors (Lipinski definition) is 1. The Morgan fingerprint density at radius 3 is 2.24 bits per heavy atom. The molecule has 0 aliphatic rings. The fourth-order valence-electron chi connectivity index (χ4n) is 2.33. The van der Waals surface area contributed by atoms with Crippen LogP contribution >= 0.6 is 0 Å². The van der Waals surface area contributed by atoms with Gasteiger partial charge in [-0.15, -0.1) is 0 Å². The van der Waals surface area contributed by atoms with E-state index < -0.39 is 0 Å². The molecule has 2 nitrogen and oxygen atoms in total. The molecule has 0 saturated carbocycles. The third-order valence-corrected chi connectivity index (χ3v) is 3.65. The highest BCUT2D eigenvalue weighted by Crippen LogP contribution is 2.22. The van der Waals surface area contributed by atoms with Gasteiger partial charge in [0, 0.05) is 12.6 Å². The summed E-state index contributed by atoms with van der Waals surface area (Å²) in [5, 5.41) is 3.60. The van der Waals surface area contributed by atoms with Gasteiger partial charge in [0.1, 0.15) is 0 Å². The van der Waals surface area contributed by atoms with Crippen LogP contribution in [-0.2, 0) is 16.6 Å². The zero-order valence-corrected chi connectivity index (χ0v) is 14.5. The van der Waals surface area contributed by atoms with E-state index in [4.69, 9.17) is 4.74 Å². The van der Waals surface area contributed by atoms with E-state index in [-0.39, 0.29) is 5.41 Å². The minimum Gasteiger partial charge on any atom is -0.380 e. The number of benzene rings is 1. The Hall–Kier alpha value is -0.860. The quantitative estimate of drug-likeness (QED) is 0.684. The maximum absolute atomic E-state index is 5.73. The molecule has 0 fully saturated rings. The molecule has 1 N–H and O–H groups in total. The Bertz CT molecular complexity index is 378. The molecule has 0 spiro atoms. The molecular weight excluding hydrogens is 258 g/mol. The molecule has 2 heteroatoms. The van der Waals surface area contributed by atoms with Gasteiger partial charge in [0.25, 0.3) is 0 Å². The van der Waals surface area contributed by atoms with Crippen LogP contribution in [0.15, 0.2) is 24.3 Å². The van der Waals surface area contributed by atoms with Crippen molar-refractivity contribution < 1.29 is 4.74 Å². The van der Waals surface area contributed by atoms with Crippen molar-refractivity contribution in [1.29, 1.82) is 0 Å². The Labute approximate surface area is 131 Å². The second-order valence-electron chi connectivity index (χ2n) is 6.88. The summed E-state index contributed by atoms with van der Waals surface area (Å²) >= 11 is 0. The highest BCUT2D eigenvalue weighted by molar-refractivity contribution is 5.28. The SMILES string of the molecule is CCCNC(COCCC)Cc1ccc(C(C)(C)C)cc1. The molecule has 0 radical (unpaired) electrons. The second-order valence-corrected chi connectivity index (χ2v) is 6.88. The highest BCUT2D eigenvalue weighted by atomic mass is 16.5. The van der Waals surface area contributed by atoms with Crippen molar-refractivity contribution >= 4 is 0 Å². The molecule has 1 aromatic rings. The first-order valence-corrected chi connectivity index (χ1v) is 8.38. The number of hydrogen-bond acceptors (Lipinski definition) is 2. The van der Waals surface area contributed by atoms with Gasteiger partial charge in [-0.1, -0.05) is 58.9 Å². The van der Waals surface area contributed by atoms with Gasteiger partial charge in [-0.2, -0.15) is 0 Å². The van der Waals surface area contributed by atoms with Crippen LogP contribution in [0.5, 0.6) is 0 Å². The molecule has 0 saturated heterocycles. The van der Waals surface area contributed by atoms with Crippen LogP contribution in [0.4, 0.5) is 0 Å². The van der Waals surface area contributed by atoms with Gasteiger partial charge in [-0.05, 0) is 42.3 Å². The predicted molar refractivity (Wildman–Crippen MR) is 92.0 cm³/mol. The average Bonchev–Trinajstić information content (AvgIpc) is 2.44. The van der Waals surface area contributed by atoms with Gasteiger partial charge in [0.05, 0.1) is 6.61 Å². The average molecular weight is 291 g/mol. The molecule has 1 rings (SSSR count). The smallest absolute Gasteiger partial charge is 0.0622 e. The molecule has 21 heavy (non-hydrogen) atoms. The van der Waals surface area contributed by atoms with Crippen molar-refractivity contribution in [2.45, 2.75) is 65.3 Å². The summed E-state index contributed by atoms with van der Waals surface area (Å²) in [5.74, 6) is 0. The van der Waals surface area contributed by atoms with E-state index in [1.54, 1.807) is 0 Å².